The molecule has 0 saturated heterocycles. The van der Waals surface area contributed by atoms with Crippen LogP contribution < -0.4 is 10.1 Å². The van der Waals surface area contributed by atoms with Gasteiger partial charge in [-0.1, -0.05) is 0 Å². The SMILES string of the molecule is CCNC(=O)C(C)Oc1ccc([N+](=O)[O-])cc1C(C)=O. The number of amides is 1. The number of nitrogens with one attached hydrogen (secondary N) is 1. The van der Waals surface area contributed by atoms with E-state index in [9.17, 15) is 19.7 Å². The lowest BCUT2D eigenvalue weighted by atomic mass is 10.1. The van der Waals surface area contributed by atoms with Crippen molar-refractivity contribution in [1.82, 2.24) is 5.32 Å². The van der Waals surface area contributed by atoms with Crippen LogP contribution in [-0.4, -0.2) is 29.3 Å². The van der Waals surface area contributed by atoms with E-state index in [0.29, 0.717) is 6.54 Å². The summed E-state index contributed by atoms with van der Waals surface area (Å²) in [5.41, 5.74) is -0.122. The van der Waals surface area contributed by atoms with Gasteiger partial charge in [0.2, 0.25) is 0 Å². The van der Waals surface area contributed by atoms with Crippen molar-refractivity contribution >= 4 is 17.4 Å². The predicted octanol–water partition coefficient (Wildman–Crippen LogP) is 1.70. The summed E-state index contributed by atoms with van der Waals surface area (Å²) >= 11 is 0. The van der Waals surface area contributed by atoms with E-state index in [2.05, 4.69) is 5.32 Å². The number of nitro groups is 1. The summed E-state index contributed by atoms with van der Waals surface area (Å²) in [4.78, 5) is 33.2. The number of carbonyl (C=O) groups is 2. The molecule has 0 spiro atoms. The van der Waals surface area contributed by atoms with Gasteiger partial charge in [-0.2, -0.15) is 0 Å². The van der Waals surface area contributed by atoms with Crippen LogP contribution in [0.15, 0.2) is 18.2 Å². The molecule has 1 amide bonds. The first-order chi connectivity index (χ1) is 9.36. The molecule has 0 aliphatic carbocycles. The molecule has 1 N–H and O–H groups in total. The Bertz CT molecular complexity index is 542. The highest BCUT2D eigenvalue weighted by atomic mass is 16.6. The molecule has 7 heteroatoms. The molecule has 108 valence electrons. The third-order valence-electron chi connectivity index (χ3n) is 2.58. The van der Waals surface area contributed by atoms with Crippen molar-refractivity contribution in [2.24, 2.45) is 0 Å². The number of nitro benzene ring substituents is 1. The molecule has 0 fully saturated rings. The fraction of sp³-hybridized carbons (Fsp3) is 0.385. The maximum absolute atomic E-state index is 11.6. The number of carbonyl (C=O) groups excluding carboxylic acids is 2. The first-order valence-electron chi connectivity index (χ1n) is 6.10. The maximum atomic E-state index is 11.6. The van der Waals surface area contributed by atoms with E-state index in [1.807, 2.05) is 0 Å². The van der Waals surface area contributed by atoms with E-state index < -0.39 is 11.0 Å². The highest BCUT2D eigenvalue weighted by Gasteiger charge is 2.19. The number of non-ortho nitro benzene ring substituents is 1. The number of hydrogen-bond acceptors (Lipinski definition) is 5. The van der Waals surface area contributed by atoms with E-state index >= 15 is 0 Å². The zero-order valence-electron chi connectivity index (χ0n) is 11.5. The van der Waals surface area contributed by atoms with Gasteiger partial charge in [0, 0.05) is 18.7 Å². The Kier molecular flexibility index (Phi) is 5.19. The van der Waals surface area contributed by atoms with Crippen LogP contribution in [0.2, 0.25) is 0 Å². The molecule has 0 bridgehead atoms. The second-order valence-corrected chi connectivity index (χ2v) is 4.15. The quantitative estimate of drug-likeness (QED) is 0.486. The Morgan fingerprint density at radius 2 is 2.10 bits per heavy atom. The van der Waals surface area contributed by atoms with Gasteiger partial charge in [-0.3, -0.25) is 19.7 Å². The molecule has 0 radical (unpaired) electrons. The van der Waals surface area contributed by atoms with E-state index in [1.165, 1.54) is 26.0 Å². The minimum absolute atomic E-state index is 0.0790. The van der Waals surface area contributed by atoms with Gasteiger partial charge in [0.15, 0.2) is 11.9 Å². The molecule has 0 aliphatic rings. The number of benzene rings is 1. The second kappa shape index (κ2) is 6.65. The predicted molar refractivity (Wildman–Crippen MR) is 71.9 cm³/mol. The van der Waals surface area contributed by atoms with Gasteiger partial charge in [0.05, 0.1) is 10.5 Å². The lowest BCUT2D eigenvalue weighted by Gasteiger charge is -2.15. The van der Waals surface area contributed by atoms with Crippen molar-refractivity contribution in [1.29, 1.82) is 0 Å². The number of nitrogens with zero attached hydrogens (tertiary/aromatic N) is 1. The molecule has 7 nitrogen and oxygen atoms in total. The third kappa shape index (κ3) is 3.78. The summed E-state index contributed by atoms with van der Waals surface area (Å²) in [5.74, 6) is -0.533. The number of likely N-dealkylation sites (N-methyl/N-ethyl adjacent to an activating group) is 1. The van der Waals surface area contributed by atoms with Crippen molar-refractivity contribution < 1.29 is 19.2 Å². The van der Waals surface area contributed by atoms with Crippen molar-refractivity contribution in [3.05, 3.63) is 33.9 Å². The number of hydrogen-bond donors (Lipinski definition) is 1. The maximum Gasteiger partial charge on any atom is 0.270 e. The molecule has 1 atom stereocenters. The molecule has 0 saturated carbocycles. The number of Topliss-reactive ketones (excluding diaryl/α,β-unsaturated/α-hetero) is 1. The molecule has 0 aromatic heterocycles. The summed E-state index contributed by atoms with van der Waals surface area (Å²) in [5, 5.41) is 13.3. The minimum Gasteiger partial charge on any atom is -0.480 e. The highest BCUT2D eigenvalue weighted by Crippen LogP contribution is 2.25. The largest absolute Gasteiger partial charge is 0.480 e. The second-order valence-electron chi connectivity index (χ2n) is 4.15. The molecule has 1 aromatic rings. The van der Waals surface area contributed by atoms with Gasteiger partial charge < -0.3 is 10.1 Å². The molecule has 0 aliphatic heterocycles. The number of ether oxygens (including phenoxy) is 1. The minimum atomic E-state index is -0.797. The fourth-order valence-electron chi connectivity index (χ4n) is 1.57. The molecule has 1 unspecified atom stereocenters. The monoisotopic (exact) mass is 280 g/mol. The van der Waals surface area contributed by atoms with Gasteiger partial charge in [-0.05, 0) is 26.8 Å². The zero-order valence-corrected chi connectivity index (χ0v) is 11.5. The smallest absolute Gasteiger partial charge is 0.270 e. The topological polar surface area (TPSA) is 98.5 Å². The zero-order chi connectivity index (χ0) is 15.3. The van der Waals surface area contributed by atoms with Crippen LogP contribution in [0, 0.1) is 10.1 Å². The standard InChI is InChI=1S/C13H16N2O5/c1-4-14-13(17)9(3)20-12-6-5-10(15(18)19)7-11(12)8(2)16/h5-7,9H,4H2,1-3H3,(H,14,17). The van der Waals surface area contributed by atoms with Gasteiger partial charge in [0.1, 0.15) is 5.75 Å². The van der Waals surface area contributed by atoms with Crippen molar-refractivity contribution in [2.45, 2.75) is 26.9 Å². The fourth-order valence-corrected chi connectivity index (χ4v) is 1.57. The van der Waals surface area contributed by atoms with Gasteiger partial charge in [-0.15, -0.1) is 0 Å². The summed E-state index contributed by atoms with van der Waals surface area (Å²) in [6.45, 7) is 5.06. The Morgan fingerprint density at radius 1 is 1.45 bits per heavy atom. The molecule has 0 heterocycles. The Hall–Kier alpha value is -2.44. The summed E-state index contributed by atoms with van der Waals surface area (Å²) < 4.78 is 5.40. The van der Waals surface area contributed by atoms with Gasteiger partial charge in [-0.25, -0.2) is 0 Å². The van der Waals surface area contributed by atoms with Crippen LogP contribution in [-0.2, 0) is 4.79 Å². The van der Waals surface area contributed by atoms with Crippen molar-refractivity contribution in [2.75, 3.05) is 6.54 Å². The van der Waals surface area contributed by atoms with Crippen molar-refractivity contribution in [3.8, 4) is 5.75 Å². The highest BCUT2D eigenvalue weighted by molar-refractivity contribution is 5.97. The first-order valence-corrected chi connectivity index (χ1v) is 6.10. The molecule has 20 heavy (non-hydrogen) atoms. The lowest BCUT2D eigenvalue weighted by Crippen LogP contribution is -2.36. The van der Waals surface area contributed by atoms with Gasteiger partial charge >= 0.3 is 0 Å². The van der Waals surface area contributed by atoms with Crippen LogP contribution in [0.1, 0.15) is 31.1 Å². The summed E-state index contributed by atoms with van der Waals surface area (Å²) in [6, 6.07) is 3.69. The van der Waals surface area contributed by atoms with Crippen molar-refractivity contribution in [3.63, 3.8) is 0 Å². The normalized spacial score (nSPS) is 11.6. The molecular formula is C13H16N2O5. The average molecular weight is 280 g/mol. The van der Waals surface area contributed by atoms with Crippen LogP contribution in [0.25, 0.3) is 0 Å². The lowest BCUT2D eigenvalue weighted by molar-refractivity contribution is -0.384. The van der Waals surface area contributed by atoms with E-state index in [4.69, 9.17) is 4.74 Å². The Balaban J connectivity index is 3.03. The van der Waals surface area contributed by atoms with E-state index in [1.54, 1.807) is 6.92 Å². The van der Waals surface area contributed by atoms with Crippen LogP contribution in [0.3, 0.4) is 0 Å². The molecule has 1 aromatic carbocycles. The van der Waals surface area contributed by atoms with Crippen LogP contribution in [0.4, 0.5) is 5.69 Å². The summed E-state index contributed by atoms with van der Waals surface area (Å²) in [7, 11) is 0. The number of rotatable bonds is 6. The third-order valence-corrected chi connectivity index (χ3v) is 2.58. The number of ketones is 1. The molecule has 1 rings (SSSR count). The van der Waals surface area contributed by atoms with Crippen LogP contribution in [0.5, 0.6) is 5.75 Å². The Labute approximate surface area is 116 Å². The molecular weight excluding hydrogens is 264 g/mol. The first kappa shape index (κ1) is 15.6. The van der Waals surface area contributed by atoms with Gasteiger partial charge in [0.25, 0.3) is 11.6 Å². The van der Waals surface area contributed by atoms with E-state index in [0.717, 1.165) is 6.07 Å². The van der Waals surface area contributed by atoms with E-state index in [-0.39, 0.29) is 28.7 Å². The average Bonchev–Trinajstić information content (AvgIpc) is 2.38. The summed E-state index contributed by atoms with van der Waals surface area (Å²) in [6.07, 6.45) is -0.797. The Morgan fingerprint density at radius 3 is 2.60 bits per heavy atom. The van der Waals surface area contributed by atoms with Crippen LogP contribution >= 0.6 is 0 Å².